The smallest absolute Gasteiger partial charge is 0.129 e. The molecule has 0 spiro atoms. The van der Waals surface area contributed by atoms with Crippen LogP contribution in [0.2, 0.25) is 0 Å². The lowest BCUT2D eigenvalue weighted by Crippen LogP contribution is -2.37. The van der Waals surface area contributed by atoms with Crippen molar-refractivity contribution in [3.63, 3.8) is 0 Å². The van der Waals surface area contributed by atoms with Gasteiger partial charge in [-0.05, 0) is 19.4 Å². The quantitative estimate of drug-likeness (QED) is 0.793. The van der Waals surface area contributed by atoms with E-state index in [1.165, 1.54) is 0 Å². The third kappa shape index (κ3) is 4.36. The third-order valence-corrected chi connectivity index (χ3v) is 4.10. The molecule has 1 atom stereocenters. The molecule has 1 N–H and O–H groups in total. The number of hydrogen-bond acceptors (Lipinski definition) is 6. The van der Waals surface area contributed by atoms with Crippen LogP contribution in [0.5, 0.6) is 0 Å². The molecule has 0 radical (unpaired) electrons. The molecule has 1 aromatic rings. The molecule has 3 heterocycles. The van der Waals surface area contributed by atoms with Gasteiger partial charge >= 0.3 is 0 Å². The van der Waals surface area contributed by atoms with Crippen molar-refractivity contribution in [2.45, 2.75) is 18.8 Å². The van der Waals surface area contributed by atoms with Crippen LogP contribution in [0.4, 0.5) is 5.82 Å². The summed E-state index contributed by atoms with van der Waals surface area (Å²) < 4.78 is 10.8. The van der Waals surface area contributed by atoms with Gasteiger partial charge in [0.25, 0.3) is 0 Å². The molecule has 0 unspecified atom stereocenters. The molecule has 1 aromatic heterocycles. The summed E-state index contributed by atoms with van der Waals surface area (Å²) in [6.45, 7) is 7.53. The van der Waals surface area contributed by atoms with Gasteiger partial charge in [-0.3, -0.25) is 4.90 Å². The van der Waals surface area contributed by atoms with E-state index in [1.807, 2.05) is 0 Å². The number of ether oxygens (including phenoxy) is 2. The van der Waals surface area contributed by atoms with Gasteiger partial charge in [-0.25, -0.2) is 9.97 Å². The summed E-state index contributed by atoms with van der Waals surface area (Å²) in [6.07, 6.45) is 3.83. The number of aromatic nitrogens is 2. The number of morpholine rings is 1. The zero-order chi connectivity index (χ0) is 14.3. The molecule has 0 aliphatic carbocycles. The van der Waals surface area contributed by atoms with Crippen molar-refractivity contribution in [1.29, 1.82) is 0 Å². The molecule has 2 aliphatic rings. The SMILES string of the molecule is c1nc(NCCCN2CCOCC2)cc([C@@H]2CCOC2)n1. The molecule has 0 bridgehead atoms. The molecule has 116 valence electrons. The maximum atomic E-state index is 5.42. The van der Waals surface area contributed by atoms with E-state index < -0.39 is 0 Å². The second kappa shape index (κ2) is 7.68. The van der Waals surface area contributed by atoms with Crippen LogP contribution in [0.25, 0.3) is 0 Å². The van der Waals surface area contributed by atoms with Crippen molar-refractivity contribution in [2.24, 2.45) is 0 Å². The van der Waals surface area contributed by atoms with Crippen LogP contribution in [-0.4, -0.2) is 67.5 Å². The van der Waals surface area contributed by atoms with Gasteiger partial charge in [0, 0.05) is 38.2 Å². The molecular weight excluding hydrogens is 268 g/mol. The van der Waals surface area contributed by atoms with Crippen LogP contribution in [0, 0.1) is 0 Å². The van der Waals surface area contributed by atoms with Gasteiger partial charge in [0.2, 0.25) is 0 Å². The zero-order valence-electron chi connectivity index (χ0n) is 12.5. The van der Waals surface area contributed by atoms with Crippen LogP contribution >= 0.6 is 0 Å². The zero-order valence-corrected chi connectivity index (χ0v) is 12.5. The second-order valence-corrected chi connectivity index (χ2v) is 5.62. The maximum absolute atomic E-state index is 5.42. The Morgan fingerprint density at radius 2 is 2.10 bits per heavy atom. The first-order valence-corrected chi connectivity index (χ1v) is 7.85. The lowest BCUT2D eigenvalue weighted by Gasteiger charge is -2.26. The average molecular weight is 292 g/mol. The molecule has 21 heavy (non-hydrogen) atoms. The van der Waals surface area contributed by atoms with Gasteiger partial charge in [0.1, 0.15) is 12.1 Å². The van der Waals surface area contributed by atoms with E-state index in [1.54, 1.807) is 6.33 Å². The Bertz CT molecular complexity index is 431. The van der Waals surface area contributed by atoms with Gasteiger partial charge in [-0.2, -0.15) is 0 Å². The van der Waals surface area contributed by atoms with Crippen molar-refractivity contribution in [1.82, 2.24) is 14.9 Å². The maximum Gasteiger partial charge on any atom is 0.129 e. The van der Waals surface area contributed by atoms with Crippen LogP contribution in [-0.2, 0) is 9.47 Å². The first kappa shape index (κ1) is 14.7. The highest BCUT2D eigenvalue weighted by molar-refractivity contribution is 5.35. The summed E-state index contributed by atoms with van der Waals surface area (Å²) in [7, 11) is 0. The van der Waals surface area contributed by atoms with Crippen molar-refractivity contribution in [3.8, 4) is 0 Å². The first-order chi connectivity index (χ1) is 10.4. The van der Waals surface area contributed by atoms with Crippen LogP contribution in [0.3, 0.4) is 0 Å². The molecule has 2 saturated heterocycles. The van der Waals surface area contributed by atoms with Crippen LogP contribution in [0.15, 0.2) is 12.4 Å². The third-order valence-electron chi connectivity index (χ3n) is 4.10. The Balaban J connectivity index is 1.41. The van der Waals surface area contributed by atoms with E-state index >= 15 is 0 Å². The number of hydrogen-bond donors (Lipinski definition) is 1. The predicted molar refractivity (Wildman–Crippen MR) is 80.6 cm³/mol. The van der Waals surface area contributed by atoms with Crippen molar-refractivity contribution < 1.29 is 9.47 Å². The highest BCUT2D eigenvalue weighted by atomic mass is 16.5. The predicted octanol–water partition coefficient (Wildman–Crippen LogP) is 1.11. The van der Waals surface area contributed by atoms with E-state index in [0.717, 1.165) is 77.0 Å². The van der Waals surface area contributed by atoms with Gasteiger partial charge < -0.3 is 14.8 Å². The molecule has 0 amide bonds. The fourth-order valence-electron chi connectivity index (χ4n) is 2.80. The fourth-order valence-corrected chi connectivity index (χ4v) is 2.80. The van der Waals surface area contributed by atoms with Crippen molar-refractivity contribution in [3.05, 3.63) is 18.1 Å². The molecule has 0 saturated carbocycles. The Morgan fingerprint density at radius 1 is 1.19 bits per heavy atom. The molecular formula is C15H24N4O2. The lowest BCUT2D eigenvalue weighted by atomic mass is 10.1. The Morgan fingerprint density at radius 3 is 2.90 bits per heavy atom. The minimum Gasteiger partial charge on any atom is -0.381 e. The summed E-state index contributed by atoms with van der Waals surface area (Å²) >= 11 is 0. The number of anilines is 1. The van der Waals surface area contributed by atoms with Gasteiger partial charge in [-0.1, -0.05) is 0 Å². The molecule has 2 aliphatic heterocycles. The fraction of sp³-hybridized carbons (Fsp3) is 0.733. The van der Waals surface area contributed by atoms with Crippen molar-refractivity contribution in [2.75, 3.05) is 57.9 Å². The summed E-state index contributed by atoms with van der Waals surface area (Å²) in [5, 5.41) is 3.40. The largest absolute Gasteiger partial charge is 0.381 e. The van der Waals surface area contributed by atoms with E-state index in [-0.39, 0.29) is 0 Å². The molecule has 6 nitrogen and oxygen atoms in total. The molecule has 3 rings (SSSR count). The van der Waals surface area contributed by atoms with Gasteiger partial charge in [0.05, 0.1) is 25.5 Å². The van der Waals surface area contributed by atoms with Gasteiger partial charge in [-0.15, -0.1) is 0 Å². The Hall–Kier alpha value is -1.24. The number of nitrogens with zero attached hydrogens (tertiary/aromatic N) is 3. The lowest BCUT2D eigenvalue weighted by molar-refractivity contribution is 0.0378. The van der Waals surface area contributed by atoms with E-state index in [2.05, 4.69) is 26.3 Å². The number of nitrogens with one attached hydrogen (secondary N) is 1. The normalized spacial score (nSPS) is 23.3. The average Bonchev–Trinajstić information content (AvgIpc) is 3.07. The summed E-state index contributed by atoms with van der Waals surface area (Å²) in [6, 6.07) is 2.06. The second-order valence-electron chi connectivity index (χ2n) is 5.62. The molecule has 0 aromatic carbocycles. The standard InChI is InChI=1S/C15H24N4O2/c1(4-19-5-8-20-9-6-19)3-16-15-10-14(17-12-18-15)13-2-7-21-11-13/h10,12-13H,1-9,11H2,(H,16,17,18)/t13-/m1/s1. The van der Waals surface area contributed by atoms with E-state index in [9.17, 15) is 0 Å². The monoisotopic (exact) mass is 292 g/mol. The van der Waals surface area contributed by atoms with E-state index in [0.29, 0.717) is 5.92 Å². The summed E-state index contributed by atoms with van der Waals surface area (Å²) in [5.41, 5.74) is 1.10. The minimum atomic E-state index is 0.432. The van der Waals surface area contributed by atoms with E-state index in [4.69, 9.17) is 9.47 Å². The van der Waals surface area contributed by atoms with Crippen LogP contribution in [0.1, 0.15) is 24.5 Å². The molecule has 2 fully saturated rings. The highest BCUT2D eigenvalue weighted by Gasteiger charge is 2.19. The summed E-state index contributed by atoms with van der Waals surface area (Å²) in [5.74, 6) is 1.36. The number of rotatable bonds is 6. The highest BCUT2D eigenvalue weighted by Crippen LogP contribution is 2.24. The first-order valence-electron chi connectivity index (χ1n) is 7.85. The Labute approximate surface area is 125 Å². The molecule has 6 heteroatoms. The summed E-state index contributed by atoms with van der Waals surface area (Å²) in [4.78, 5) is 11.1. The van der Waals surface area contributed by atoms with Gasteiger partial charge in [0.15, 0.2) is 0 Å². The van der Waals surface area contributed by atoms with Crippen molar-refractivity contribution >= 4 is 5.82 Å². The Kier molecular flexibility index (Phi) is 5.37. The van der Waals surface area contributed by atoms with Crippen LogP contribution < -0.4 is 5.32 Å². The minimum absolute atomic E-state index is 0.432. The topological polar surface area (TPSA) is 59.5 Å².